The quantitative estimate of drug-likeness (QED) is 0.0624. The monoisotopic (exact) mass is 800 g/mol. The molecular formula is C37H44N12O9. The van der Waals surface area contributed by atoms with Gasteiger partial charge in [-0.2, -0.15) is 10.2 Å². The normalized spacial score (nSPS) is 16.8. The molecule has 3 aliphatic heterocycles. The van der Waals surface area contributed by atoms with E-state index in [1.807, 2.05) is 6.07 Å². The first-order chi connectivity index (χ1) is 28.2. The fourth-order valence-electron chi connectivity index (χ4n) is 6.81. The lowest BCUT2D eigenvalue weighted by atomic mass is 10.0. The first kappa shape index (κ1) is 39.9. The number of aromatic nitrogens is 5. The number of rotatable bonds is 18. The van der Waals surface area contributed by atoms with Crippen molar-refractivity contribution in [3.05, 3.63) is 65.2 Å². The fraction of sp³-hybridized carbons (Fsp3) is 0.432. The van der Waals surface area contributed by atoms with Gasteiger partial charge in [0.1, 0.15) is 17.4 Å². The first-order valence-corrected chi connectivity index (χ1v) is 18.9. The Morgan fingerprint density at radius 3 is 2.40 bits per heavy atom. The van der Waals surface area contributed by atoms with Gasteiger partial charge in [0, 0.05) is 70.8 Å². The van der Waals surface area contributed by atoms with Crippen LogP contribution in [0.2, 0.25) is 0 Å². The van der Waals surface area contributed by atoms with Gasteiger partial charge in [-0.3, -0.25) is 43.7 Å². The average molecular weight is 801 g/mol. The van der Waals surface area contributed by atoms with Gasteiger partial charge in [0.25, 0.3) is 23.6 Å². The number of benzene rings is 1. The lowest BCUT2D eigenvalue weighted by molar-refractivity contribution is -0.136. The van der Waals surface area contributed by atoms with Crippen LogP contribution in [0.5, 0.6) is 0 Å². The van der Waals surface area contributed by atoms with E-state index < -0.39 is 41.5 Å². The highest BCUT2D eigenvalue weighted by Gasteiger charge is 2.45. The first-order valence-electron chi connectivity index (χ1n) is 18.9. The van der Waals surface area contributed by atoms with Crippen molar-refractivity contribution in [1.29, 1.82) is 0 Å². The Balaban J connectivity index is 0.764. The zero-order valence-corrected chi connectivity index (χ0v) is 31.8. The molecule has 58 heavy (non-hydrogen) atoms. The summed E-state index contributed by atoms with van der Waals surface area (Å²) in [6.07, 6.45) is 4.89. The summed E-state index contributed by atoms with van der Waals surface area (Å²) in [5, 5.41) is 22.6. The van der Waals surface area contributed by atoms with Crippen LogP contribution >= 0.6 is 0 Å². The molecule has 1 unspecified atom stereocenters. The van der Waals surface area contributed by atoms with Crippen LogP contribution in [0.1, 0.15) is 54.4 Å². The third-order valence-electron chi connectivity index (χ3n) is 9.64. The zero-order valence-electron chi connectivity index (χ0n) is 31.8. The Hall–Kier alpha value is -6.29. The van der Waals surface area contributed by atoms with E-state index in [0.29, 0.717) is 44.3 Å². The van der Waals surface area contributed by atoms with Crippen LogP contribution in [0.4, 0.5) is 17.2 Å². The number of imide groups is 2. The molecule has 6 heterocycles. The number of aryl methyl sites for hydroxylation is 1. The van der Waals surface area contributed by atoms with E-state index in [1.54, 1.807) is 31.6 Å². The molecule has 1 atom stereocenters. The maximum atomic E-state index is 13.3. The van der Waals surface area contributed by atoms with E-state index in [4.69, 9.17) is 19.2 Å². The van der Waals surface area contributed by atoms with Crippen LogP contribution in [0.3, 0.4) is 0 Å². The Labute approximate surface area is 331 Å². The number of piperidine rings is 1. The molecule has 306 valence electrons. The van der Waals surface area contributed by atoms with Crippen LogP contribution in [-0.4, -0.2) is 150 Å². The Morgan fingerprint density at radius 2 is 1.64 bits per heavy atom. The number of hydrogen-bond acceptors (Lipinski definition) is 15. The standard InChI is InChI=1S/C37H44N12O9/c1-46-22-26(42-33(51)24-21-41-48-12-7-28(43-32(24)48)47-13-8-38-9-14-47)31(45-46)35(53)40-11-16-57-18-20-58-19-17-56-15-10-39-25-4-2-3-23-30(25)37(55)49(36(23)54)27-5-6-29(50)44-34(27)52/h2-4,7,12,21-22,27,38-39H,5-6,8-11,13-20H2,1H3,(H,40,53)(H,42,51)(H,44,50,52). The topological polar surface area (TPSA) is 245 Å². The van der Waals surface area contributed by atoms with Gasteiger partial charge in [0.2, 0.25) is 11.8 Å². The number of piperazine rings is 1. The van der Waals surface area contributed by atoms with Gasteiger partial charge in [-0.15, -0.1) is 0 Å². The largest absolute Gasteiger partial charge is 0.382 e. The molecule has 4 aromatic rings. The van der Waals surface area contributed by atoms with Gasteiger partial charge in [0.15, 0.2) is 11.3 Å². The summed E-state index contributed by atoms with van der Waals surface area (Å²) in [5.41, 5.74) is 1.78. The number of nitrogens with zero attached hydrogens (tertiary/aromatic N) is 7. The summed E-state index contributed by atoms with van der Waals surface area (Å²) in [4.78, 5) is 84.2. The molecule has 0 spiro atoms. The molecule has 21 heteroatoms. The summed E-state index contributed by atoms with van der Waals surface area (Å²) in [5.74, 6) is -2.44. The highest BCUT2D eigenvalue weighted by Crippen LogP contribution is 2.32. The molecule has 0 saturated carbocycles. The van der Waals surface area contributed by atoms with Gasteiger partial charge < -0.3 is 40.4 Å². The summed E-state index contributed by atoms with van der Waals surface area (Å²) in [7, 11) is 1.65. The molecule has 0 radical (unpaired) electrons. The average Bonchev–Trinajstić information content (AvgIpc) is 3.89. The summed E-state index contributed by atoms with van der Waals surface area (Å²) < 4.78 is 19.7. The number of carbonyl (C=O) groups excluding carboxylic acids is 6. The number of fused-ring (bicyclic) bond motifs is 2. The molecule has 3 aliphatic rings. The van der Waals surface area contributed by atoms with Crippen molar-refractivity contribution in [1.82, 2.24) is 45.2 Å². The maximum Gasteiger partial charge on any atom is 0.274 e. The van der Waals surface area contributed by atoms with Crippen LogP contribution < -0.4 is 31.5 Å². The lowest BCUT2D eigenvalue weighted by Crippen LogP contribution is -2.54. The molecule has 2 saturated heterocycles. The van der Waals surface area contributed by atoms with Crippen molar-refractivity contribution < 1.29 is 43.0 Å². The summed E-state index contributed by atoms with van der Waals surface area (Å²) in [6.45, 7) is 5.56. The van der Waals surface area contributed by atoms with Crippen LogP contribution in [0.25, 0.3) is 5.65 Å². The number of hydrogen-bond donors (Lipinski definition) is 5. The van der Waals surface area contributed by atoms with Gasteiger partial charge >= 0.3 is 0 Å². The molecule has 6 amide bonds. The number of amides is 6. The SMILES string of the molecule is Cn1cc(NC(=O)c2cnn3ccc(N4CCNCC4)nc23)c(C(=O)NCCOCCOCCOCCNc2cccc3c2C(=O)N(C2CCC(=O)NC2=O)C3=O)n1. The maximum absolute atomic E-state index is 13.3. The van der Waals surface area contributed by atoms with E-state index >= 15 is 0 Å². The van der Waals surface area contributed by atoms with Crippen LogP contribution in [0, 0.1) is 0 Å². The minimum Gasteiger partial charge on any atom is -0.382 e. The number of ether oxygens (including phenoxy) is 3. The van der Waals surface area contributed by atoms with E-state index in [-0.39, 0.29) is 60.7 Å². The van der Waals surface area contributed by atoms with E-state index in [2.05, 4.69) is 41.7 Å². The predicted octanol–water partition coefficient (Wildman–Crippen LogP) is -0.582. The van der Waals surface area contributed by atoms with E-state index in [1.165, 1.54) is 21.5 Å². The highest BCUT2D eigenvalue weighted by molar-refractivity contribution is 6.25. The Morgan fingerprint density at radius 1 is 0.897 bits per heavy atom. The Bertz CT molecular complexity index is 2200. The highest BCUT2D eigenvalue weighted by atomic mass is 16.5. The van der Waals surface area contributed by atoms with Crippen LogP contribution in [0.15, 0.2) is 42.9 Å². The molecule has 5 N–H and O–H groups in total. The Kier molecular flexibility index (Phi) is 12.6. The van der Waals surface area contributed by atoms with Gasteiger partial charge in [0.05, 0.1) is 62.7 Å². The van der Waals surface area contributed by atoms with Gasteiger partial charge in [-0.05, 0) is 24.6 Å². The third kappa shape index (κ3) is 8.96. The lowest BCUT2D eigenvalue weighted by Gasteiger charge is -2.28. The number of anilines is 3. The molecule has 2 fully saturated rings. The molecule has 7 rings (SSSR count). The molecule has 1 aromatic carbocycles. The molecular weight excluding hydrogens is 756 g/mol. The number of nitrogens with one attached hydrogen (secondary N) is 5. The van der Waals surface area contributed by atoms with Crippen LogP contribution in [-0.2, 0) is 30.8 Å². The molecule has 0 aliphatic carbocycles. The second kappa shape index (κ2) is 18.3. The van der Waals surface area contributed by atoms with Crippen molar-refractivity contribution >= 4 is 58.3 Å². The van der Waals surface area contributed by atoms with Gasteiger partial charge in [-0.25, -0.2) is 9.50 Å². The summed E-state index contributed by atoms with van der Waals surface area (Å²) in [6, 6.07) is 5.69. The van der Waals surface area contributed by atoms with Crippen molar-refractivity contribution in [2.75, 3.05) is 94.4 Å². The number of carbonyl (C=O) groups is 6. The molecule has 0 bridgehead atoms. The molecule has 21 nitrogen and oxygen atoms in total. The van der Waals surface area contributed by atoms with Crippen molar-refractivity contribution in [3.63, 3.8) is 0 Å². The fourth-order valence-corrected chi connectivity index (χ4v) is 6.81. The zero-order chi connectivity index (χ0) is 40.6. The molecule has 3 aromatic heterocycles. The summed E-state index contributed by atoms with van der Waals surface area (Å²) >= 11 is 0. The van der Waals surface area contributed by atoms with Crippen molar-refractivity contribution in [2.24, 2.45) is 7.05 Å². The minimum absolute atomic E-state index is 0.0474. The second-order valence-electron chi connectivity index (χ2n) is 13.6. The van der Waals surface area contributed by atoms with E-state index in [0.717, 1.165) is 36.9 Å². The minimum atomic E-state index is -1.03. The van der Waals surface area contributed by atoms with Crippen molar-refractivity contribution in [2.45, 2.75) is 18.9 Å². The van der Waals surface area contributed by atoms with Gasteiger partial charge in [-0.1, -0.05) is 6.07 Å². The third-order valence-corrected chi connectivity index (χ3v) is 9.64. The second-order valence-corrected chi connectivity index (χ2v) is 13.6. The van der Waals surface area contributed by atoms with Crippen molar-refractivity contribution in [3.8, 4) is 0 Å². The smallest absolute Gasteiger partial charge is 0.274 e. The van der Waals surface area contributed by atoms with E-state index in [9.17, 15) is 28.8 Å². The predicted molar refractivity (Wildman–Crippen MR) is 206 cm³/mol.